The Morgan fingerprint density at radius 3 is 2.22 bits per heavy atom. The molecule has 6 nitrogen and oxygen atoms in total. The fraction of sp³-hybridized carbons (Fsp3) is 0.357. The van der Waals surface area contributed by atoms with Crippen molar-refractivity contribution in [3.05, 3.63) is 35.4 Å². The van der Waals surface area contributed by atoms with Crippen molar-refractivity contribution in [2.45, 2.75) is 25.6 Å². The van der Waals surface area contributed by atoms with Gasteiger partial charge in [-0.1, -0.05) is 18.2 Å². The number of benzene rings is 1. The van der Waals surface area contributed by atoms with Crippen LogP contribution in [0.5, 0.6) is 0 Å². The first kappa shape index (κ1) is 16.8. The van der Waals surface area contributed by atoms with Crippen molar-refractivity contribution in [3.8, 4) is 0 Å². The van der Waals surface area contributed by atoms with E-state index in [1.807, 2.05) is 0 Å². The van der Waals surface area contributed by atoms with E-state index in [4.69, 9.17) is 11.5 Å². The summed E-state index contributed by atoms with van der Waals surface area (Å²) in [4.78, 5) is 13.2. The van der Waals surface area contributed by atoms with E-state index in [0.717, 1.165) is 6.07 Å². The van der Waals surface area contributed by atoms with Gasteiger partial charge in [0, 0.05) is 13.1 Å². The number of nitrogens with two attached hydrogens (primary N) is 2. The standard InChI is InChI=1S/C14H17F3N6/c1-8(23(2)13-21-11(18)20-12(19)22-13)7-9-5-3-4-6-10(9)14(15,16)17/h3-6,8H,7H2,1-2H3,(H4,18,19,20,21,22). The van der Waals surface area contributed by atoms with Crippen molar-refractivity contribution >= 4 is 17.8 Å². The first-order valence-corrected chi connectivity index (χ1v) is 6.83. The van der Waals surface area contributed by atoms with Crippen molar-refractivity contribution < 1.29 is 13.2 Å². The van der Waals surface area contributed by atoms with Crippen LogP contribution in [0.3, 0.4) is 0 Å². The van der Waals surface area contributed by atoms with Crippen LogP contribution in [-0.2, 0) is 12.6 Å². The summed E-state index contributed by atoms with van der Waals surface area (Å²) in [7, 11) is 1.66. The fourth-order valence-corrected chi connectivity index (χ4v) is 2.18. The lowest BCUT2D eigenvalue weighted by atomic mass is 10.00. The summed E-state index contributed by atoms with van der Waals surface area (Å²) in [5.41, 5.74) is 10.6. The maximum atomic E-state index is 13.0. The van der Waals surface area contributed by atoms with Crippen LogP contribution >= 0.6 is 0 Å². The molecule has 1 atom stereocenters. The highest BCUT2D eigenvalue weighted by molar-refractivity contribution is 5.40. The van der Waals surface area contributed by atoms with Gasteiger partial charge in [-0.25, -0.2) is 0 Å². The maximum Gasteiger partial charge on any atom is 0.416 e. The molecule has 2 aromatic rings. The number of rotatable bonds is 4. The average Bonchev–Trinajstić information content (AvgIpc) is 2.44. The first-order chi connectivity index (χ1) is 10.7. The van der Waals surface area contributed by atoms with Crippen molar-refractivity contribution in [2.75, 3.05) is 23.4 Å². The van der Waals surface area contributed by atoms with Crippen LogP contribution < -0.4 is 16.4 Å². The zero-order valence-electron chi connectivity index (χ0n) is 12.7. The van der Waals surface area contributed by atoms with Crippen LogP contribution in [0.15, 0.2) is 24.3 Å². The predicted molar refractivity (Wildman–Crippen MR) is 81.7 cm³/mol. The molecule has 2 rings (SSSR count). The minimum absolute atomic E-state index is 0.0396. The number of nitrogens with zero attached hydrogens (tertiary/aromatic N) is 4. The Morgan fingerprint density at radius 1 is 1.09 bits per heavy atom. The van der Waals surface area contributed by atoms with Gasteiger partial charge in [0.15, 0.2) is 0 Å². The molecule has 23 heavy (non-hydrogen) atoms. The van der Waals surface area contributed by atoms with Gasteiger partial charge in [0.2, 0.25) is 17.8 Å². The molecule has 1 unspecified atom stereocenters. The van der Waals surface area contributed by atoms with E-state index < -0.39 is 11.7 Å². The third-order valence-electron chi connectivity index (χ3n) is 3.47. The number of halogens is 3. The van der Waals surface area contributed by atoms with E-state index in [1.54, 1.807) is 24.9 Å². The van der Waals surface area contributed by atoms with Crippen LogP contribution in [-0.4, -0.2) is 28.0 Å². The van der Waals surface area contributed by atoms with Crippen molar-refractivity contribution in [3.63, 3.8) is 0 Å². The van der Waals surface area contributed by atoms with E-state index >= 15 is 0 Å². The molecule has 0 aliphatic carbocycles. The highest BCUT2D eigenvalue weighted by Gasteiger charge is 2.33. The summed E-state index contributed by atoms with van der Waals surface area (Å²) in [6, 6.07) is 5.17. The van der Waals surface area contributed by atoms with Crippen LogP contribution in [0.1, 0.15) is 18.1 Å². The molecule has 0 spiro atoms. The van der Waals surface area contributed by atoms with Gasteiger partial charge in [0.1, 0.15) is 0 Å². The molecule has 0 amide bonds. The van der Waals surface area contributed by atoms with Gasteiger partial charge in [0.25, 0.3) is 0 Å². The summed E-state index contributed by atoms with van der Waals surface area (Å²) in [6.45, 7) is 1.77. The monoisotopic (exact) mass is 326 g/mol. The lowest BCUT2D eigenvalue weighted by molar-refractivity contribution is -0.138. The third-order valence-corrected chi connectivity index (χ3v) is 3.47. The molecule has 4 N–H and O–H groups in total. The molecule has 0 saturated heterocycles. The molecular formula is C14H17F3N6. The van der Waals surface area contributed by atoms with Crippen LogP contribution in [0.25, 0.3) is 0 Å². The first-order valence-electron chi connectivity index (χ1n) is 6.83. The Hall–Kier alpha value is -2.58. The lowest BCUT2D eigenvalue weighted by Crippen LogP contribution is -2.33. The Bertz CT molecular complexity index is 668. The SMILES string of the molecule is CC(Cc1ccccc1C(F)(F)F)N(C)c1nc(N)nc(N)n1. The molecule has 1 aromatic heterocycles. The third kappa shape index (κ3) is 3.99. The second-order valence-corrected chi connectivity index (χ2v) is 5.17. The molecule has 1 heterocycles. The summed E-state index contributed by atoms with van der Waals surface area (Å²) >= 11 is 0. The summed E-state index contributed by atoms with van der Waals surface area (Å²) in [5.74, 6) is 0.136. The number of hydrogen-bond acceptors (Lipinski definition) is 6. The Morgan fingerprint density at radius 2 is 1.65 bits per heavy atom. The normalized spacial score (nSPS) is 12.9. The van der Waals surface area contributed by atoms with Gasteiger partial charge in [-0.15, -0.1) is 0 Å². The number of likely N-dealkylation sites (N-methyl/N-ethyl adjacent to an activating group) is 1. The summed E-state index contributed by atoms with van der Waals surface area (Å²) < 4.78 is 39.1. The largest absolute Gasteiger partial charge is 0.416 e. The van der Waals surface area contributed by atoms with E-state index in [0.29, 0.717) is 0 Å². The minimum atomic E-state index is -4.39. The zero-order chi connectivity index (χ0) is 17.2. The number of anilines is 3. The number of hydrogen-bond donors (Lipinski definition) is 2. The fourth-order valence-electron chi connectivity index (χ4n) is 2.18. The van der Waals surface area contributed by atoms with Gasteiger partial charge in [0.05, 0.1) is 5.56 Å². The summed E-state index contributed by atoms with van der Waals surface area (Å²) in [6.07, 6.45) is -4.23. The molecule has 0 aliphatic heterocycles. The Balaban J connectivity index is 2.24. The van der Waals surface area contributed by atoms with Crippen LogP contribution in [0.4, 0.5) is 31.0 Å². The van der Waals surface area contributed by atoms with E-state index in [2.05, 4.69) is 15.0 Å². The highest BCUT2D eigenvalue weighted by Crippen LogP contribution is 2.32. The smallest absolute Gasteiger partial charge is 0.368 e. The Kier molecular flexibility index (Phi) is 4.57. The number of alkyl halides is 3. The van der Waals surface area contributed by atoms with Crippen LogP contribution in [0.2, 0.25) is 0 Å². The molecule has 0 fully saturated rings. The van der Waals surface area contributed by atoms with Gasteiger partial charge < -0.3 is 16.4 Å². The lowest BCUT2D eigenvalue weighted by Gasteiger charge is -2.26. The van der Waals surface area contributed by atoms with E-state index in [-0.39, 0.29) is 35.9 Å². The van der Waals surface area contributed by atoms with Gasteiger partial charge >= 0.3 is 6.18 Å². The predicted octanol–water partition coefficient (Wildman–Crippen LogP) is 2.12. The molecular weight excluding hydrogens is 309 g/mol. The van der Waals surface area contributed by atoms with Gasteiger partial charge in [-0.2, -0.15) is 28.1 Å². The van der Waals surface area contributed by atoms with Gasteiger partial charge in [-0.05, 0) is 25.0 Å². The molecule has 0 bridgehead atoms. The van der Waals surface area contributed by atoms with Crippen molar-refractivity contribution in [1.29, 1.82) is 0 Å². The zero-order valence-corrected chi connectivity index (χ0v) is 12.7. The van der Waals surface area contributed by atoms with Crippen molar-refractivity contribution in [2.24, 2.45) is 0 Å². The quantitative estimate of drug-likeness (QED) is 0.894. The Labute approximate surface area is 131 Å². The summed E-state index contributed by atoms with van der Waals surface area (Å²) in [5, 5.41) is 0. The molecule has 9 heteroatoms. The van der Waals surface area contributed by atoms with Crippen LogP contribution in [0, 0.1) is 0 Å². The number of aromatic nitrogens is 3. The molecule has 0 radical (unpaired) electrons. The second-order valence-electron chi connectivity index (χ2n) is 5.17. The molecule has 0 aliphatic rings. The second kappa shape index (κ2) is 6.27. The average molecular weight is 326 g/mol. The van der Waals surface area contributed by atoms with E-state index in [1.165, 1.54) is 12.1 Å². The van der Waals surface area contributed by atoms with Gasteiger partial charge in [-0.3, -0.25) is 0 Å². The molecule has 0 saturated carbocycles. The molecule has 124 valence electrons. The molecule has 1 aromatic carbocycles. The number of nitrogen functional groups attached to an aromatic ring is 2. The topological polar surface area (TPSA) is 94.0 Å². The maximum absolute atomic E-state index is 13.0. The van der Waals surface area contributed by atoms with Crippen molar-refractivity contribution in [1.82, 2.24) is 15.0 Å². The minimum Gasteiger partial charge on any atom is -0.368 e. The van der Waals surface area contributed by atoms with E-state index in [9.17, 15) is 13.2 Å². The highest BCUT2D eigenvalue weighted by atomic mass is 19.4.